The van der Waals surface area contributed by atoms with Crippen LogP contribution in [-0.2, 0) is 4.74 Å². The normalized spacial score (nSPS) is 10.5. The number of aryl methyl sites for hydroxylation is 2. The molecule has 0 aliphatic carbocycles. The number of aromatic nitrogens is 1. The van der Waals surface area contributed by atoms with Crippen molar-refractivity contribution in [1.82, 2.24) is 4.98 Å². The zero-order valence-corrected chi connectivity index (χ0v) is 14.2. The Morgan fingerprint density at radius 2 is 1.91 bits per heavy atom. The van der Waals surface area contributed by atoms with E-state index in [0.29, 0.717) is 29.1 Å². The van der Waals surface area contributed by atoms with Gasteiger partial charge in [-0.15, -0.1) is 0 Å². The smallest absolute Gasteiger partial charge is 0.340 e. The molecule has 1 amide bonds. The van der Waals surface area contributed by atoms with Gasteiger partial charge < -0.3 is 14.6 Å². The largest absolute Gasteiger partial charge is 0.462 e. The van der Waals surface area contributed by atoms with Gasteiger partial charge in [0.1, 0.15) is 5.69 Å². The quantitative estimate of drug-likeness (QED) is 0.880. The van der Waals surface area contributed by atoms with Gasteiger partial charge in [-0.05, 0) is 51.0 Å². The molecule has 0 saturated heterocycles. The van der Waals surface area contributed by atoms with E-state index in [1.807, 2.05) is 31.2 Å². The second-order valence-electron chi connectivity index (χ2n) is 5.55. The molecule has 0 saturated carbocycles. The Labute approximate surface area is 136 Å². The first-order valence-corrected chi connectivity index (χ1v) is 7.57. The lowest BCUT2D eigenvalue weighted by molar-refractivity contribution is 0.0525. The number of amides is 1. The molecule has 23 heavy (non-hydrogen) atoms. The van der Waals surface area contributed by atoms with Crippen LogP contribution in [0.3, 0.4) is 0 Å². The van der Waals surface area contributed by atoms with Gasteiger partial charge in [0.05, 0.1) is 12.2 Å². The lowest BCUT2D eigenvalue weighted by Gasteiger charge is -2.17. The Morgan fingerprint density at radius 3 is 2.52 bits per heavy atom. The molecule has 1 heterocycles. The second-order valence-corrected chi connectivity index (χ2v) is 5.55. The Hall–Kier alpha value is -2.56. The molecule has 5 heteroatoms. The van der Waals surface area contributed by atoms with E-state index in [9.17, 15) is 9.59 Å². The summed E-state index contributed by atoms with van der Waals surface area (Å²) in [4.78, 5) is 29.4. The van der Waals surface area contributed by atoms with E-state index in [4.69, 9.17) is 4.74 Å². The van der Waals surface area contributed by atoms with Crippen LogP contribution < -0.4 is 4.90 Å². The van der Waals surface area contributed by atoms with Crippen LogP contribution in [0.2, 0.25) is 0 Å². The fourth-order valence-electron chi connectivity index (χ4n) is 2.59. The highest BCUT2D eigenvalue weighted by Crippen LogP contribution is 2.23. The first-order valence-electron chi connectivity index (χ1n) is 7.57. The summed E-state index contributed by atoms with van der Waals surface area (Å²) >= 11 is 0. The number of anilines is 1. The standard InChI is InChI=1S/C18H22N2O3/c1-6-23-18(22)15-12(3)16(19-13(15)4)17(21)20(5)14-9-7-8-11(2)10-14/h7-10,19H,6H2,1-5H3. The molecule has 0 aliphatic rings. The molecule has 1 aromatic heterocycles. The van der Waals surface area contributed by atoms with Gasteiger partial charge in [0.25, 0.3) is 5.91 Å². The van der Waals surface area contributed by atoms with E-state index >= 15 is 0 Å². The number of nitrogens with zero attached hydrogens (tertiary/aromatic N) is 1. The molecule has 0 atom stereocenters. The number of ether oxygens (including phenoxy) is 1. The molecule has 0 fully saturated rings. The van der Waals surface area contributed by atoms with Crippen LogP contribution in [0.4, 0.5) is 5.69 Å². The molecule has 0 spiro atoms. The third kappa shape index (κ3) is 3.28. The van der Waals surface area contributed by atoms with Crippen molar-refractivity contribution in [3.63, 3.8) is 0 Å². The average molecular weight is 314 g/mol. The van der Waals surface area contributed by atoms with Crippen LogP contribution in [0, 0.1) is 20.8 Å². The molecule has 0 bridgehead atoms. The first-order chi connectivity index (χ1) is 10.9. The molecule has 2 aromatic rings. The number of hydrogen-bond acceptors (Lipinski definition) is 3. The van der Waals surface area contributed by atoms with E-state index in [1.54, 1.807) is 32.7 Å². The van der Waals surface area contributed by atoms with Gasteiger partial charge in [0, 0.05) is 18.4 Å². The molecule has 122 valence electrons. The summed E-state index contributed by atoms with van der Waals surface area (Å²) in [6.07, 6.45) is 0. The number of esters is 1. The minimum atomic E-state index is -0.406. The van der Waals surface area contributed by atoms with Crippen LogP contribution in [-0.4, -0.2) is 30.5 Å². The van der Waals surface area contributed by atoms with Crippen molar-refractivity contribution in [3.8, 4) is 0 Å². The summed E-state index contributed by atoms with van der Waals surface area (Å²) in [5.41, 5.74) is 3.99. The van der Waals surface area contributed by atoms with Gasteiger partial charge >= 0.3 is 5.97 Å². The van der Waals surface area contributed by atoms with E-state index in [0.717, 1.165) is 11.3 Å². The van der Waals surface area contributed by atoms with Gasteiger partial charge in [0.2, 0.25) is 0 Å². The van der Waals surface area contributed by atoms with Crippen LogP contribution in [0.1, 0.15) is 44.6 Å². The highest BCUT2D eigenvalue weighted by Gasteiger charge is 2.25. The summed E-state index contributed by atoms with van der Waals surface area (Å²) in [7, 11) is 1.72. The van der Waals surface area contributed by atoms with Crippen molar-refractivity contribution in [2.75, 3.05) is 18.6 Å². The maximum Gasteiger partial charge on any atom is 0.340 e. The number of carbonyl (C=O) groups is 2. The number of H-pyrrole nitrogens is 1. The molecule has 1 aromatic carbocycles. The molecule has 0 aliphatic heterocycles. The van der Waals surface area contributed by atoms with Crippen molar-refractivity contribution in [1.29, 1.82) is 0 Å². The molecular formula is C18H22N2O3. The summed E-state index contributed by atoms with van der Waals surface area (Å²) in [5, 5.41) is 0. The highest BCUT2D eigenvalue weighted by molar-refractivity contribution is 6.08. The fraction of sp³-hybridized carbons (Fsp3) is 0.333. The summed E-state index contributed by atoms with van der Waals surface area (Å²) in [5.74, 6) is -0.595. The number of aromatic amines is 1. The number of carbonyl (C=O) groups excluding carboxylic acids is 2. The Bertz CT molecular complexity index is 747. The summed E-state index contributed by atoms with van der Waals surface area (Å²) < 4.78 is 5.06. The van der Waals surface area contributed by atoms with Gasteiger partial charge in [0.15, 0.2) is 0 Å². The van der Waals surface area contributed by atoms with Crippen molar-refractivity contribution in [2.24, 2.45) is 0 Å². The van der Waals surface area contributed by atoms with E-state index in [2.05, 4.69) is 4.98 Å². The predicted molar refractivity (Wildman–Crippen MR) is 90.1 cm³/mol. The maximum absolute atomic E-state index is 12.8. The van der Waals surface area contributed by atoms with E-state index in [1.165, 1.54) is 0 Å². The lowest BCUT2D eigenvalue weighted by atomic mass is 10.1. The summed E-state index contributed by atoms with van der Waals surface area (Å²) in [6.45, 7) is 7.56. The Kier molecular flexibility index (Phi) is 4.89. The van der Waals surface area contributed by atoms with E-state index in [-0.39, 0.29) is 5.91 Å². The summed E-state index contributed by atoms with van der Waals surface area (Å²) in [6, 6.07) is 7.70. The van der Waals surface area contributed by atoms with Crippen molar-refractivity contribution >= 4 is 17.6 Å². The average Bonchev–Trinajstić information content (AvgIpc) is 2.81. The molecular weight excluding hydrogens is 292 g/mol. The molecule has 2 rings (SSSR count). The van der Waals surface area contributed by atoms with Crippen LogP contribution in [0.25, 0.3) is 0 Å². The van der Waals surface area contributed by atoms with Crippen molar-refractivity contribution in [2.45, 2.75) is 27.7 Å². The maximum atomic E-state index is 12.8. The highest BCUT2D eigenvalue weighted by atomic mass is 16.5. The Morgan fingerprint density at radius 1 is 1.22 bits per heavy atom. The van der Waals surface area contributed by atoms with Crippen molar-refractivity contribution in [3.05, 3.63) is 52.3 Å². The molecule has 5 nitrogen and oxygen atoms in total. The van der Waals surface area contributed by atoms with Gasteiger partial charge in [-0.25, -0.2) is 4.79 Å². The van der Waals surface area contributed by atoms with Gasteiger partial charge in [-0.2, -0.15) is 0 Å². The third-order valence-electron chi connectivity index (χ3n) is 3.82. The van der Waals surface area contributed by atoms with Crippen LogP contribution in [0.15, 0.2) is 24.3 Å². The van der Waals surface area contributed by atoms with E-state index < -0.39 is 5.97 Å². The zero-order valence-electron chi connectivity index (χ0n) is 14.2. The molecule has 0 unspecified atom stereocenters. The van der Waals surface area contributed by atoms with Gasteiger partial charge in [-0.1, -0.05) is 12.1 Å². The topological polar surface area (TPSA) is 62.4 Å². The van der Waals surface area contributed by atoms with Gasteiger partial charge in [-0.3, -0.25) is 4.79 Å². The lowest BCUT2D eigenvalue weighted by Crippen LogP contribution is -2.27. The number of nitrogens with one attached hydrogen (secondary N) is 1. The third-order valence-corrected chi connectivity index (χ3v) is 3.82. The molecule has 1 N–H and O–H groups in total. The SMILES string of the molecule is CCOC(=O)c1c(C)[nH]c(C(=O)N(C)c2cccc(C)c2)c1C. The predicted octanol–water partition coefficient (Wildman–Crippen LogP) is 3.39. The zero-order chi connectivity index (χ0) is 17.1. The van der Waals surface area contributed by atoms with Crippen LogP contribution >= 0.6 is 0 Å². The van der Waals surface area contributed by atoms with Crippen molar-refractivity contribution < 1.29 is 14.3 Å². The van der Waals surface area contributed by atoms with Crippen LogP contribution in [0.5, 0.6) is 0 Å². The monoisotopic (exact) mass is 314 g/mol. The fourth-order valence-corrected chi connectivity index (χ4v) is 2.59. The molecule has 0 radical (unpaired) electrons. The number of rotatable bonds is 4. The minimum Gasteiger partial charge on any atom is -0.462 e. The Balaban J connectivity index is 2.37. The second kappa shape index (κ2) is 6.69. The first kappa shape index (κ1) is 16.8. The number of benzene rings is 1. The minimum absolute atomic E-state index is 0.188. The number of hydrogen-bond donors (Lipinski definition) is 1.